The van der Waals surface area contributed by atoms with Gasteiger partial charge in [-0.3, -0.25) is 0 Å². The Morgan fingerprint density at radius 1 is 1.53 bits per heavy atom. The lowest BCUT2D eigenvalue weighted by Crippen LogP contribution is -2.39. The average molecular weight is 274 g/mol. The zero-order valence-electron chi connectivity index (χ0n) is 10.1. The molecule has 1 aromatic heterocycles. The minimum atomic E-state index is -2.93. The van der Waals surface area contributed by atoms with E-state index < -0.39 is 9.84 Å². The van der Waals surface area contributed by atoms with E-state index in [4.69, 9.17) is 0 Å². The fraction of sp³-hybridized carbons (Fsp3) is 0.727. The highest BCUT2D eigenvalue weighted by molar-refractivity contribution is 7.91. The minimum Gasteiger partial charge on any atom is -0.308 e. The number of sulfone groups is 1. The van der Waals surface area contributed by atoms with E-state index in [1.807, 2.05) is 13.1 Å². The van der Waals surface area contributed by atoms with Gasteiger partial charge in [-0.05, 0) is 19.8 Å². The van der Waals surface area contributed by atoms with Crippen LogP contribution in [-0.2, 0) is 16.4 Å². The number of nitrogens with one attached hydrogen (secondary N) is 1. The Hall–Kier alpha value is -0.460. The average Bonchev–Trinajstić information content (AvgIpc) is 2.81. The first-order valence-corrected chi connectivity index (χ1v) is 8.57. The maximum Gasteiger partial charge on any atom is 0.151 e. The molecule has 17 heavy (non-hydrogen) atoms. The fourth-order valence-electron chi connectivity index (χ4n) is 2.39. The van der Waals surface area contributed by atoms with Crippen LogP contribution in [0.25, 0.3) is 0 Å². The topological polar surface area (TPSA) is 59.1 Å². The van der Waals surface area contributed by atoms with Crippen molar-refractivity contribution in [1.29, 1.82) is 0 Å². The van der Waals surface area contributed by atoms with Crippen molar-refractivity contribution in [3.63, 3.8) is 0 Å². The lowest BCUT2D eigenvalue weighted by molar-refractivity contribution is 0.509. The van der Waals surface area contributed by atoms with E-state index in [1.54, 1.807) is 11.3 Å². The van der Waals surface area contributed by atoms with Gasteiger partial charge in [0, 0.05) is 29.9 Å². The summed E-state index contributed by atoms with van der Waals surface area (Å²) in [5, 5.41) is 4.20. The molecule has 6 heteroatoms. The number of rotatable bonds is 4. The van der Waals surface area contributed by atoms with Crippen molar-refractivity contribution in [1.82, 2.24) is 10.3 Å². The molecule has 1 heterocycles. The second-order valence-corrected chi connectivity index (χ2v) is 8.22. The van der Waals surface area contributed by atoms with Gasteiger partial charge in [0.1, 0.15) is 0 Å². The summed E-state index contributed by atoms with van der Waals surface area (Å²) in [6.45, 7) is 2.70. The summed E-state index contributed by atoms with van der Waals surface area (Å²) >= 11 is 1.66. The summed E-state index contributed by atoms with van der Waals surface area (Å²) in [6.07, 6.45) is 5.94. The van der Waals surface area contributed by atoms with Crippen LogP contribution < -0.4 is 5.32 Å². The zero-order valence-corrected chi connectivity index (χ0v) is 11.8. The van der Waals surface area contributed by atoms with Gasteiger partial charge in [0.05, 0.1) is 10.3 Å². The quantitative estimate of drug-likeness (QED) is 0.904. The molecule has 0 aliphatic heterocycles. The van der Waals surface area contributed by atoms with E-state index in [0.717, 1.165) is 30.8 Å². The second-order valence-electron chi connectivity index (χ2n) is 4.63. The summed E-state index contributed by atoms with van der Waals surface area (Å²) in [5.74, 6) is 0. The Morgan fingerprint density at radius 3 is 2.88 bits per heavy atom. The van der Waals surface area contributed by atoms with Crippen LogP contribution in [0.4, 0.5) is 0 Å². The maximum absolute atomic E-state index is 11.6. The van der Waals surface area contributed by atoms with Crippen molar-refractivity contribution in [2.24, 2.45) is 0 Å². The number of hydrogen-bond donors (Lipinski definition) is 1. The minimum absolute atomic E-state index is 0.104. The van der Waals surface area contributed by atoms with E-state index in [2.05, 4.69) is 10.3 Å². The van der Waals surface area contributed by atoms with Crippen LogP contribution in [0, 0.1) is 6.92 Å². The first-order chi connectivity index (χ1) is 7.97. The molecular formula is C11H18N2O2S2. The number of hydrogen-bond acceptors (Lipinski definition) is 5. The third-order valence-corrected chi connectivity index (χ3v) is 5.79. The fourth-order valence-corrected chi connectivity index (χ4v) is 4.56. The van der Waals surface area contributed by atoms with Gasteiger partial charge in [0.2, 0.25) is 0 Å². The van der Waals surface area contributed by atoms with Crippen molar-refractivity contribution in [3.8, 4) is 0 Å². The molecule has 0 radical (unpaired) electrons. The Morgan fingerprint density at radius 2 is 2.29 bits per heavy atom. The first kappa shape index (κ1) is 13.0. The van der Waals surface area contributed by atoms with Crippen molar-refractivity contribution in [3.05, 3.63) is 16.1 Å². The number of thiazole rings is 1. The van der Waals surface area contributed by atoms with Crippen LogP contribution in [0.3, 0.4) is 0 Å². The number of aryl methyl sites for hydroxylation is 1. The third-order valence-electron chi connectivity index (χ3n) is 3.21. The number of nitrogens with zero attached hydrogens (tertiary/aromatic N) is 1. The summed E-state index contributed by atoms with van der Waals surface area (Å²) in [6, 6.07) is 0.104. The van der Waals surface area contributed by atoms with E-state index in [9.17, 15) is 8.42 Å². The Labute approximate surface area is 106 Å². The van der Waals surface area contributed by atoms with Crippen molar-refractivity contribution >= 4 is 21.2 Å². The van der Waals surface area contributed by atoms with E-state index in [-0.39, 0.29) is 11.3 Å². The summed E-state index contributed by atoms with van der Waals surface area (Å²) in [7, 11) is -2.93. The van der Waals surface area contributed by atoms with E-state index in [1.165, 1.54) is 11.1 Å². The summed E-state index contributed by atoms with van der Waals surface area (Å²) in [4.78, 5) is 5.36. The van der Waals surface area contributed by atoms with Gasteiger partial charge in [-0.25, -0.2) is 13.4 Å². The van der Waals surface area contributed by atoms with Crippen molar-refractivity contribution < 1.29 is 8.42 Å². The molecule has 0 bridgehead atoms. The molecule has 0 spiro atoms. The van der Waals surface area contributed by atoms with Crippen molar-refractivity contribution in [2.45, 2.75) is 44.0 Å². The molecular weight excluding hydrogens is 256 g/mol. The molecule has 0 saturated heterocycles. The first-order valence-electron chi connectivity index (χ1n) is 5.80. The maximum atomic E-state index is 11.6. The van der Waals surface area contributed by atoms with Crippen LogP contribution in [0.15, 0.2) is 6.20 Å². The van der Waals surface area contributed by atoms with Crippen LogP contribution in [0.5, 0.6) is 0 Å². The van der Waals surface area contributed by atoms with Crippen molar-refractivity contribution in [2.75, 3.05) is 6.26 Å². The highest BCUT2D eigenvalue weighted by Crippen LogP contribution is 2.25. The molecule has 2 rings (SSSR count). The van der Waals surface area contributed by atoms with Crippen LogP contribution in [0.2, 0.25) is 0 Å². The SMILES string of the molecule is Cc1ncc(CNC2CCCC2S(C)(=O)=O)s1. The predicted octanol–water partition coefficient (Wildman–Crippen LogP) is 1.51. The monoisotopic (exact) mass is 274 g/mol. The Bertz CT molecular complexity index is 481. The molecule has 2 unspecified atom stereocenters. The molecule has 1 fully saturated rings. The zero-order chi connectivity index (χ0) is 12.5. The van der Waals surface area contributed by atoms with Gasteiger partial charge in [-0.1, -0.05) is 6.42 Å². The standard InChI is InChI=1S/C11H18N2O2S2/c1-8-12-6-9(16-8)7-13-10-4-3-5-11(10)17(2,14)15/h6,10-11,13H,3-5,7H2,1-2H3. The lowest BCUT2D eigenvalue weighted by Gasteiger charge is -2.18. The van der Waals surface area contributed by atoms with Crippen LogP contribution in [-0.4, -0.2) is 30.9 Å². The highest BCUT2D eigenvalue weighted by Gasteiger charge is 2.34. The molecule has 96 valence electrons. The van der Waals surface area contributed by atoms with Crippen LogP contribution in [0.1, 0.15) is 29.1 Å². The molecule has 0 aromatic carbocycles. The molecule has 1 saturated carbocycles. The normalized spacial score (nSPS) is 25.3. The van der Waals surface area contributed by atoms with Gasteiger partial charge in [-0.15, -0.1) is 11.3 Å². The molecule has 1 aromatic rings. The smallest absolute Gasteiger partial charge is 0.151 e. The summed E-state index contributed by atoms with van der Waals surface area (Å²) < 4.78 is 23.2. The molecule has 0 amide bonds. The van der Waals surface area contributed by atoms with Gasteiger partial charge in [0.25, 0.3) is 0 Å². The van der Waals surface area contributed by atoms with E-state index >= 15 is 0 Å². The third kappa shape index (κ3) is 3.26. The Balaban J connectivity index is 1.95. The largest absolute Gasteiger partial charge is 0.308 e. The van der Waals surface area contributed by atoms with Gasteiger partial charge in [0.15, 0.2) is 9.84 Å². The molecule has 2 atom stereocenters. The highest BCUT2D eigenvalue weighted by atomic mass is 32.2. The molecule has 1 aliphatic rings. The molecule has 1 N–H and O–H groups in total. The predicted molar refractivity (Wildman–Crippen MR) is 70.0 cm³/mol. The van der Waals surface area contributed by atoms with Gasteiger partial charge in [-0.2, -0.15) is 0 Å². The molecule has 4 nitrogen and oxygen atoms in total. The lowest BCUT2D eigenvalue weighted by atomic mass is 10.2. The van der Waals surface area contributed by atoms with Crippen LogP contribution >= 0.6 is 11.3 Å². The summed E-state index contributed by atoms with van der Waals surface area (Å²) in [5.41, 5.74) is 0. The van der Waals surface area contributed by atoms with E-state index in [0.29, 0.717) is 0 Å². The number of aromatic nitrogens is 1. The van der Waals surface area contributed by atoms with Gasteiger partial charge < -0.3 is 5.32 Å². The van der Waals surface area contributed by atoms with Gasteiger partial charge >= 0.3 is 0 Å². The molecule has 1 aliphatic carbocycles. The second kappa shape index (κ2) is 5.04. The Kier molecular flexibility index (Phi) is 3.85.